The molecule has 0 radical (unpaired) electrons. The van der Waals surface area contributed by atoms with Crippen LogP contribution in [0.2, 0.25) is 0 Å². The molecule has 1 saturated carbocycles. The summed E-state index contributed by atoms with van der Waals surface area (Å²) in [5.41, 5.74) is 0.494. The van der Waals surface area contributed by atoms with Gasteiger partial charge in [0.05, 0.1) is 6.61 Å². The standard InChI is InChI=1S/C18H37NO/c1-7-20-13-17(14(2)3)19-12-15-8-10-16(11-9-15)18(4,5)6/h14-17,19H,7-13H2,1-6H3. The molecule has 0 saturated heterocycles. The van der Waals surface area contributed by atoms with E-state index in [1.807, 2.05) is 0 Å². The second-order valence-corrected chi connectivity index (χ2v) is 8.00. The molecule has 1 fully saturated rings. The van der Waals surface area contributed by atoms with E-state index in [4.69, 9.17) is 4.74 Å². The largest absolute Gasteiger partial charge is 0.380 e. The first kappa shape index (κ1) is 18.0. The van der Waals surface area contributed by atoms with E-state index in [0.29, 0.717) is 17.4 Å². The molecular formula is C18H37NO. The minimum absolute atomic E-state index is 0.494. The smallest absolute Gasteiger partial charge is 0.0621 e. The molecule has 0 aromatic rings. The van der Waals surface area contributed by atoms with Gasteiger partial charge in [0.1, 0.15) is 0 Å². The Morgan fingerprint density at radius 1 is 1.10 bits per heavy atom. The van der Waals surface area contributed by atoms with Gasteiger partial charge in [-0.1, -0.05) is 34.6 Å². The van der Waals surface area contributed by atoms with E-state index in [2.05, 4.69) is 46.9 Å². The Bertz CT molecular complexity index is 249. The second kappa shape index (κ2) is 8.38. The van der Waals surface area contributed by atoms with Crippen LogP contribution < -0.4 is 5.32 Å². The molecule has 1 unspecified atom stereocenters. The maximum Gasteiger partial charge on any atom is 0.0621 e. The third-order valence-corrected chi connectivity index (χ3v) is 5.05. The fourth-order valence-electron chi connectivity index (χ4n) is 3.28. The minimum atomic E-state index is 0.494. The summed E-state index contributed by atoms with van der Waals surface area (Å²) in [7, 11) is 0. The third kappa shape index (κ3) is 6.13. The summed E-state index contributed by atoms with van der Waals surface area (Å²) in [6, 6.07) is 0.510. The summed E-state index contributed by atoms with van der Waals surface area (Å²) < 4.78 is 5.60. The van der Waals surface area contributed by atoms with Gasteiger partial charge < -0.3 is 10.1 Å². The summed E-state index contributed by atoms with van der Waals surface area (Å²) in [4.78, 5) is 0. The van der Waals surface area contributed by atoms with Crippen molar-refractivity contribution in [2.75, 3.05) is 19.8 Å². The molecule has 1 aliphatic rings. The van der Waals surface area contributed by atoms with Crippen molar-refractivity contribution >= 4 is 0 Å². The molecule has 20 heavy (non-hydrogen) atoms. The number of rotatable bonds is 7. The number of nitrogens with one attached hydrogen (secondary N) is 1. The molecule has 0 bridgehead atoms. The van der Waals surface area contributed by atoms with Crippen molar-refractivity contribution < 1.29 is 4.74 Å². The molecule has 1 aliphatic carbocycles. The zero-order chi connectivity index (χ0) is 15.2. The number of ether oxygens (including phenoxy) is 1. The highest BCUT2D eigenvalue weighted by atomic mass is 16.5. The normalized spacial score (nSPS) is 25.9. The van der Waals surface area contributed by atoms with E-state index in [0.717, 1.165) is 25.0 Å². The Labute approximate surface area is 127 Å². The van der Waals surface area contributed by atoms with Crippen LogP contribution in [0.15, 0.2) is 0 Å². The van der Waals surface area contributed by atoms with E-state index in [9.17, 15) is 0 Å². The molecule has 0 aromatic carbocycles. The zero-order valence-corrected chi connectivity index (χ0v) is 14.7. The van der Waals surface area contributed by atoms with Gasteiger partial charge in [-0.3, -0.25) is 0 Å². The van der Waals surface area contributed by atoms with Crippen molar-refractivity contribution in [2.45, 2.75) is 73.3 Å². The highest BCUT2D eigenvalue weighted by Gasteiger charge is 2.29. The average molecular weight is 284 g/mol. The lowest BCUT2D eigenvalue weighted by atomic mass is 9.70. The fraction of sp³-hybridized carbons (Fsp3) is 1.00. The van der Waals surface area contributed by atoms with Crippen molar-refractivity contribution in [3.05, 3.63) is 0 Å². The van der Waals surface area contributed by atoms with Crippen LogP contribution in [-0.2, 0) is 4.74 Å². The van der Waals surface area contributed by atoms with Crippen LogP contribution in [0.5, 0.6) is 0 Å². The fourth-order valence-corrected chi connectivity index (χ4v) is 3.28. The van der Waals surface area contributed by atoms with Gasteiger partial charge >= 0.3 is 0 Å². The van der Waals surface area contributed by atoms with E-state index in [1.165, 1.54) is 32.2 Å². The minimum Gasteiger partial charge on any atom is -0.380 e. The lowest BCUT2D eigenvalue weighted by Crippen LogP contribution is -2.41. The highest BCUT2D eigenvalue weighted by molar-refractivity contribution is 4.82. The maximum atomic E-state index is 5.60. The van der Waals surface area contributed by atoms with Crippen LogP contribution in [0.1, 0.15) is 67.2 Å². The Morgan fingerprint density at radius 2 is 1.70 bits per heavy atom. The first-order chi connectivity index (χ1) is 9.34. The third-order valence-electron chi connectivity index (χ3n) is 5.05. The molecule has 120 valence electrons. The Kier molecular flexibility index (Phi) is 7.53. The predicted molar refractivity (Wildman–Crippen MR) is 88.0 cm³/mol. The van der Waals surface area contributed by atoms with Crippen LogP contribution in [0.25, 0.3) is 0 Å². The molecule has 1 N–H and O–H groups in total. The van der Waals surface area contributed by atoms with Gasteiger partial charge in [-0.2, -0.15) is 0 Å². The van der Waals surface area contributed by atoms with Crippen LogP contribution in [0.4, 0.5) is 0 Å². The molecule has 0 amide bonds. The second-order valence-electron chi connectivity index (χ2n) is 8.00. The van der Waals surface area contributed by atoms with Crippen molar-refractivity contribution in [3.63, 3.8) is 0 Å². The van der Waals surface area contributed by atoms with Crippen LogP contribution in [0.3, 0.4) is 0 Å². The van der Waals surface area contributed by atoms with Gasteiger partial charge in [-0.05, 0) is 62.3 Å². The molecular weight excluding hydrogens is 246 g/mol. The summed E-state index contributed by atoms with van der Waals surface area (Å²) in [5.74, 6) is 2.44. The van der Waals surface area contributed by atoms with Crippen LogP contribution in [-0.4, -0.2) is 25.8 Å². The number of hydrogen-bond acceptors (Lipinski definition) is 2. The molecule has 1 atom stereocenters. The lowest BCUT2D eigenvalue weighted by Gasteiger charge is -2.37. The predicted octanol–water partition coefficient (Wildman–Crippen LogP) is 4.49. The molecule has 0 aromatic heterocycles. The highest BCUT2D eigenvalue weighted by Crippen LogP contribution is 2.39. The van der Waals surface area contributed by atoms with Crippen molar-refractivity contribution in [1.82, 2.24) is 5.32 Å². The SMILES string of the molecule is CCOCC(NCC1CCC(C(C)(C)C)CC1)C(C)C. The van der Waals surface area contributed by atoms with E-state index < -0.39 is 0 Å². The van der Waals surface area contributed by atoms with Crippen LogP contribution in [0, 0.1) is 23.2 Å². The summed E-state index contributed by atoms with van der Waals surface area (Å²) in [5, 5.41) is 3.75. The molecule has 0 aliphatic heterocycles. The molecule has 0 heterocycles. The summed E-state index contributed by atoms with van der Waals surface area (Å²) >= 11 is 0. The lowest BCUT2D eigenvalue weighted by molar-refractivity contribution is 0.101. The van der Waals surface area contributed by atoms with E-state index in [-0.39, 0.29) is 0 Å². The Hall–Kier alpha value is -0.0800. The first-order valence-corrected chi connectivity index (χ1v) is 8.65. The topological polar surface area (TPSA) is 21.3 Å². The molecule has 2 heteroatoms. The van der Waals surface area contributed by atoms with Gasteiger partial charge in [-0.15, -0.1) is 0 Å². The quantitative estimate of drug-likeness (QED) is 0.743. The van der Waals surface area contributed by atoms with E-state index >= 15 is 0 Å². The Balaban J connectivity index is 2.29. The van der Waals surface area contributed by atoms with Crippen molar-refractivity contribution in [3.8, 4) is 0 Å². The van der Waals surface area contributed by atoms with Gasteiger partial charge in [0.2, 0.25) is 0 Å². The summed E-state index contributed by atoms with van der Waals surface area (Å²) in [6.07, 6.45) is 5.62. The van der Waals surface area contributed by atoms with Gasteiger partial charge in [0.15, 0.2) is 0 Å². The monoisotopic (exact) mass is 283 g/mol. The molecule has 0 spiro atoms. The molecule has 2 nitrogen and oxygen atoms in total. The van der Waals surface area contributed by atoms with Gasteiger partial charge in [-0.25, -0.2) is 0 Å². The van der Waals surface area contributed by atoms with Gasteiger partial charge in [0.25, 0.3) is 0 Å². The average Bonchev–Trinajstić information content (AvgIpc) is 2.38. The van der Waals surface area contributed by atoms with Crippen molar-refractivity contribution in [1.29, 1.82) is 0 Å². The maximum absolute atomic E-state index is 5.60. The molecule has 1 rings (SSSR count). The van der Waals surface area contributed by atoms with Crippen LogP contribution >= 0.6 is 0 Å². The summed E-state index contributed by atoms with van der Waals surface area (Å²) in [6.45, 7) is 16.7. The van der Waals surface area contributed by atoms with E-state index in [1.54, 1.807) is 0 Å². The first-order valence-electron chi connectivity index (χ1n) is 8.65. The Morgan fingerprint density at radius 3 is 2.15 bits per heavy atom. The van der Waals surface area contributed by atoms with Crippen molar-refractivity contribution in [2.24, 2.45) is 23.2 Å². The zero-order valence-electron chi connectivity index (χ0n) is 14.7. The van der Waals surface area contributed by atoms with Gasteiger partial charge in [0, 0.05) is 12.6 Å². The number of hydrogen-bond donors (Lipinski definition) is 1.